The maximum absolute atomic E-state index is 6.17. The molecule has 6 aromatic rings. The molecule has 2 nitrogen and oxygen atoms in total. The molecule has 2 aromatic heterocycles. The van der Waals surface area contributed by atoms with Crippen LogP contribution in [0.3, 0.4) is 0 Å². The van der Waals surface area contributed by atoms with Crippen molar-refractivity contribution >= 4 is 11.0 Å². The monoisotopic (exact) mass is 437 g/mol. The van der Waals surface area contributed by atoms with Gasteiger partial charge in [-0.1, -0.05) is 84.9 Å². The Bertz CT molecular complexity index is 1610. The van der Waals surface area contributed by atoms with Gasteiger partial charge in [-0.15, -0.1) is 0 Å². The van der Waals surface area contributed by atoms with Crippen molar-refractivity contribution in [1.82, 2.24) is 4.98 Å². The fourth-order valence-electron chi connectivity index (χ4n) is 4.54. The van der Waals surface area contributed by atoms with Crippen LogP contribution in [0.15, 0.2) is 126 Å². The minimum Gasteiger partial charge on any atom is -0.456 e. The highest BCUT2D eigenvalue weighted by Gasteiger charge is 2.12. The van der Waals surface area contributed by atoms with Crippen molar-refractivity contribution < 1.29 is 4.42 Å². The molecule has 2 heteroatoms. The minimum absolute atomic E-state index is 0.897. The van der Waals surface area contributed by atoms with E-state index in [1.54, 1.807) is 0 Å². The van der Waals surface area contributed by atoms with Gasteiger partial charge in [0.05, 0.1) is 5.69 Å². The molecule has 0 atom stereocenters. The van der Waals surface area contributed by atoms with Crippen molar-refractivity contribution in [2.75, 3.05) is 0 Å². The summed E-state index contributed by atoms with van der Waals surface area (Å²) in [6.07, 6.45) is 1.86. The zero-order chi connectivity index (χ0) is 22.9. The van der Waals surface area contributed by atoms with Crippen LogP contribution >= 0.6 is 0 Å². The van der Waals surface area contributed by atoms with Gasteiger partial charge in [0.1, 0.15) is 11.3 Å². The number of aryl methyl sites for hydroxylation is 1. The van der Waals surface area contributed by atoms with E-state index in [4.69, 9.17) is 9.40 Å². The summed E-state index contributed by atoms with van der Waals surface area (Å²) in [5.74, 6) is 0.903. The molecule has 0 aliphatic carbocycles. The zero-order valence-electron chi connectivity index (χ0n) is 18.9. The molecule has 0 amide bonds. The number of hydrogen-bond donors (Lipinski definition) is 0. The number of rotatable bonds is 4. The maximum atomic E-state index is 6.17. The van der Waals surface area contributed by atoms with Crippen molar-refractivity contribution in [2.24, 2.45) is 0 Å². The van der Waals surface area contributed by atoms with Crippen molar-refractivity contribution in [3.8, 4) is 44.8 Å². The smallest absolute Gasteiger partial charge is 0.135 e. The van der Waals surface area contributed by atoms with Gasteiger partial charge in [0, 0.05) is 28.3 Å². The molecular formula is C32H23NO. The normalized spacial score (nSPS) is 11.1. The Morgan fingerprint density at radius 3 is 2.18 bits per heavy atom. The second-order valence-corrected chi connectivity index (χ2v) is 8.52. The first-order chi connectivity index (χ1) is 16.8. The Kier molecular flexibility index (Phi) is 5.04. The van der Waals surface area contributed by atoms with Crippen LogP contribution in [-0.2, 0) is 0 Å². The van der Waals surface area contributed by atoms with E-state index in [2.05, 4.69) is 104 Å². The SMILES string of the molecule is Cc1ccccc1-c1cc2cc(-c3cccc(-c4ncccc4-c4ccccc4)c3)ccc2o1. The van der Waals surface area contributed by atoms with Crippen molar-refractivity contribution in [3.63, 3.8) is 0 Å². The Balaban J connectivity index is 1.41. The van der Waals surface area contributed by atoms with Crippen LogP contribution < -0.4 is 0 Å². The lowest BCUT2D eigenvalue weighted by atomic mass is 9.96. The quantitative estimate of drug-likeness (QED) is 0.275. The number of nitrogens with zero attached hydrogens (tertiary/aromatic N) is 1. The number of aromatic nitrogens is 1. The zero-order valence-corrected chi connectivity index (χ0v) is 18.9. The van der Waals surface area contributed by atoms with Gasteiger partial charge in [-0.25, -0.2) is 0 Å². The van der Waals surface area contributed by atoms with E-state index in [0.29, 0.717) is 0 Å². The lowest BCUT2D eigenvalue weighted by Crippen LogP contribution is -1.89. The minimum atomic E-state index is 0.897. The fraction of sp³-hybridized carbons (Fsp3) is 0.0312. The largest absolute Gasteiger partial charge is 0.456 e. The van der Waals surface area contributed by atoms with Crippen LogP contribution in [0.25, 0.3) is 55.8 Å². The number of hydrogen-bond acceptors (Lipinski definition) is 2. The van der Waals surface area contributed by atoms with E-state index >= 15 is 0 Å². The molecule has 0 aliphatic rings. The summed E-state index contributed by atoms with van der Waals surface area (Å²) in [7, 11) is 0. The van der Waals surface area contributed by atoms with Gasteiger partial charge in [-0.2, -0.15) is 0 Å². The third-order valence-electron chi connectivity index (χ3n) is 6.29. The molecule has 0 aliphatic heterocycles. The topological polar surface area (TPSA) is 26.0 Å². The predicted octanol–water partition coefficient (Wildman–Crippen LogP) is 8.80. The first-order valence-electron chi connectivity index (χ1n) is 11.5. The highest BCUT2D eigenvalue weighted by Crippen LogP contribution is 2.35. The molecule has 162 valence electrons. The molecular weight excluding hydrogens is 414 g/mol. The summed E-state index contributed by atoms with van der Waals surface area (Å²) in [5.41, 5.74) is 9.94. The molecule has 0 bridgehead atoms. The summed E-state index contributed by atoms with van der Waals surface area (Å²) < 4.78 is 6.17. The standard InChI is InChI=1S/C32H23NO/c1-22-9-5-6-14-28(22)31-21-27-20-25(16-17-30(27)34-31)24-12-7-13-26(19-24)32-29(15-8-18-33-32)23-10-3-2-4-11-23/h2-21H,1H3. The van der Waals surface area contributed by atoms with Crippen molar-refractivity contribution in [1.29, 1.82) is 0 Å². The number of benzene rings is 4. The van der Waals surface area contributed by atoms with Crippen LogP contribution in [0.5, 0.6) is 0 Å². The van der Waals surface area contributed by atoms with Crippen LogP contribution in [-0.4, -0.2) is 4.98 Å². The van der Waals surface area contributed by atoms with Crippen LogP contribution in [0.1, 0.15) is 5.56 Å². The summed E-state index contributed by atoms with van der Waals surface area (Å²) in [6, 6.07) is 40.0. The molecule has 0 saturated carbocycles. The van der Waals surface area contributed by atoms with Gasteiger partial charge in [0.25, 0.3) is 0 Å². The average Bonchev–Trinajstić information content (AvgIpc) is 3.33. The Labute approximate surface area is 199 Å². The van der Waals surface area contributed by atoms with E-state index in [1.165, 1.54) is 11.1 Å². The van der Waals surface area contributed by atoms with Crippen molar-refractivity contribution in [3.05, 3.63) is 127 Å². The molecule has 0 fully saturated rings. The van der Waals surface area contributed by atoms with Gasteiger partial charge >= 0.3 is 0 Å². The Morgan fingerprint density at radius 2 is 1.29 bits per heavy atom. The van der Waals surface area contributed by atoms with E-state index in [1.807, 2.05) is 24.4 Å². The Hall–Kier alpha value is -4.43. The summed E-state index contributed by atoms with van der Waals surface area (Å²) in [4.78, 5) is 4.74. The number of pyridine rings is 1. The maximum Gasteiger partial charge on any atom is 0.135 e. The van der Waals surface area contributed by atoms with E-state index in [0.717, 1.165) is 50.2 Å². The van der Waals surface area contributed by atoms with Crippen molar-refractivity contribution in [2.45, 2.75) is 6.92 Å². The number of fused-ring (bicyclic) bond motifs is 1. The number of furan rings is 1. The molecule has 0 unspecified atom stereocenters. The average molecular weight is 438 g/mol. The highest BCUT2D eigenvalue weighted by atomic mass is 16.3. The third kappa shape index (κ3) is 3.70. The summed E-state index contributed by atoms with van der Waals surface area (Å²) >= 11 is 0. The van der Waals surface area contributed by atoms with Gasteiger partial charge in [-0.05, 0) is 59.5 Å². The van der Waals surface area contributed by atoms with Crippen LogP contribution in [0.4, 0.5) is 0 Å². The molecule has 6 rings (SSSR count). The van der Waals surface area contributed by atoms with E-state index in [9.17, 15) is 0 Å². The first kappa shape index (κ1) is 20.2. The lowest BCUT2D eigenvalue weighted by molar-refractivity contribution is 0.631. The molecule has 34 heavy (non-hydrogen) atoms. The molecule has 2 heterocycles. The second-order valence-electron chi connectivity index (χ2n) is 8.52. The molecule has 0 spiro atoms. The fourth-order valence-corrected chi connectivity index (χ4v) is 4.54. The van der Waals surface area contributed by atoms with Gasteiger partial charge in [0.2, 0.25) is 0 Å². The summed E-state index contributed by atoms with van der Waals surface area (Å²) in [5, 5.41) is 1.10. The van der Waals surface area contributed by atoms with E-state index in [-0.39, 0.29) is 0 Å². The first-order valence-corrected chi connectivity index (χ1v) is 11.5. The molecule has 0 saturated heterocycles. The third-order valence-corrected chi connectivity index (χ3v) is 6.29. The summed E-state index contributed by atoms with van der Waals surface area (Å²) in [6.45, 7) is 2.11. The lowest BCUT2D eigenvalue weighted by Gasteiger charge is -2.10. The van der Waals surface area contributed by atoms with Gasteiger partial charge in [0.15, 0.2) is 0 Å². The predicted molar refractivity (Wildman–Crippen MR) is 140 cm³/mol. The highest BCUT2D eigenvalue weighted by molar-refractivity contribution is 5.89. The second kappa shape index (κ2) is 8.49. The molecule has 0 radical (unpaired) electrons. The van der Waals surface area contributed by atoms with E-state index < -0.39 is 0 Å². The van der Waals surface area contributed by atoms with Crippen LogP contribution in [0, 0.1) is 6.92 Å². The van der Waals surface area contributed by atoms with Gasteiger partial charge in [-0.3, -0.25) is 4.98 Å². The van der Waals surface area contributed by atoms with Crippen LogP contribution in [0.2, 0.25) is 0 Å². The Morgan fingerprint density at radius 1 is 0.559 bits per heavy atom. The molecule has 4 aromatic carbocycles. The molecule has 0 N–H and O–H groups in total. The van der Waals surface area contributed by atoms with Gasteiger partial charge < -0.3 is 4.42 Å².